The van der Waals surface area contributed by atoms with E-state index in [0.717, 1.165) is 48.1 Å². The third-order valence-corrected chi connectivity index (χ3v) is 6.81. The van der Waals surface area contributed by atoms with Gasteiger partial charge in [-0.05, 0) is 73.9 Å². The maximum Gasteiger partial charge on any atom is 0.303 e. The van der Waals surface area contributed by atoms with Gasteiger partial charge in [0, 0.05) is 44.3 Å². The number of benzene rings is 1. The Kier molecular flexibility index (Phi) is 9.23. The molecule has 5 unspecified atom stereocenters. The van der Waals surface area contributed by atoms with E-state index >= 15 is 0 Å². The molecule has 5 rings (SSSR count). The lowest BCUT2D eigenvalue weighted by Gasteiger charge is -2.50. The number of rotatable bonds is 9. The van der Waals surface area contributed by atoms with E-state index in [9.17, 15) is 9.90 Å². The molecule has 3 fully saturated rings. The van der Waals surface area contributed by atoms with Gasteiger partial charge in [-0.2, -0.15) is 0 Å². The summed E-state index contributed by atoms with van der Waals surface area (Å²) in [5.74, 6) is 1.28. The minimum absolute atomic E-state index is 0.178. The molecule has 0 aliphatic carbocycles. The molecule has 0 saturated carbocycles. The van der Waals surface area contributed by atoms with Gasteiger partial charge in [-0.25, -0.2) is 0 Å². The highest BCUT2D eigenvalue weighted by atomic mass is 16.5. The number of aromatic nitrogens is 1. The number of aliphatic carboxylic acids is 1. The number of aliphatic hydroxyl groups excluding tert-OH is 1. The highest BCUT2D eigenvalue weighted by molar-refractivity contribution is 5.84. The van der Waals surface area contributed by atoms with Gasteiger partial charge in [0.25, 0.3) is 0 Å². The Bertz CT molecular complexity index is 934. The molecule has 0 radical (unpaired) electrons. The van der Waals surface area contributed by atoms with Crippen molar-refractivity contribution in [3.8, 4) is 5.75 Å². The Morgan fingerprint density at radius 3 is 2.79 bits per heavy atom. The van der Waals surface area contributed by atoms with Gasteiger partial charge in [0.1, 0.15) is 5.75 Å². The molecule has 3 aliphatic rings. The van der Waals surface area contributed by atoms with Gasteiger partial charge in [-0.3, -0.25) is 14.7 Å². The van der Waals surface area contributed by atoms with Crippen LogP contribution in [0.5, 0.6) is 5.75 Å². The van der Waals surface area contributed by atoms with Crippen LogP contribution in [0, 0.1) is 11.8 Å². The fourth-order valence-corrected chi connectivity index (χ4v) is 4.97. The Morgan fingerprint density at radius 2 is 2.15 bits per heavy atom. The fraction of sp³-hybridized carbons (Fsp3) is 0.538. The zero-order valence-electron chi connectivity index (χ0n) is 19.7. The third kappa shape index (κ3) is 6.31. The topological polar surface area (TPSA) is 92.1 Å². The van der Waals surface area contributed by atoms with Gasteiger partial charge in [-0.15, -0.1) is 6.58 Å². The van der Waals surface area contributed by atoms with E-state index in [2.05, 4.69) is 22.5 Å². The summed E-state index contributed by atoms with van der Waals surface area (Å²) >= 11 is 0. The van der Waals surface area contributed by atoms with Gasteiger partial charge in [0.05, 0.1) is 18.7 Å². The first-order valence-corrected chi connectivity index (χ1v) is 11.7. The molecule has 4 heterocycles. The molecule has 0 amide bonds. The number of ether oxygens (including phenoxy) is 2. The number of carbonyl (C=O) groups is 1. The molecule has 2 N–H and O–H groups in total. The summed E-state index contributed by atoms with van der Waals surface area (Å²) in [7, 11) is 3.27. The van der Waals surface area contributed by atoms with E-state index in [1.807, 2.05) is 24.3 Å². The predicted molar refractivity (Wildman–Crippen MR) is 128 cm³/mol. The van der Waals surface area contributed by atoms with E-state index < -0.39 is 12.1 Å². The molecule has 0 spiro atoms. The smallest absolute Gasteiger partial charge is 0.303 e. The number of hydrogen-bond donors (Lipinski definition) is 2. The number of carboxylic acid groups (broad SMARTS) is 1. The van der Waals surface area contributed by atoms with Gasteiger partial charge in [0.2, 0.25) is 0 Å². The Labute approximate surface area is 196 Å². The van der Waals surface area contributed by atoms with Gasteiger partial charge >= 0.3 is 5.97 Å². The molecule has 5 atom stereocenters. The molecule has 180 valence electrons. The summed E-state index contributed by atoms with van der Waals surface area (Å²) in [6.07, 6.45) is 7.42. The van der Waals surface area contributed by atoms with E-state index in [1.54, 1.807) is 20.4 Å². The van der Waals surface area contributed by atoms with Crippen LogP contribution in [-0.4, -0.2) is 66.0 Å². The maximum absolute atomic E-state index is 11.2. The first kappa shape index (κ1) is 25.1. The lowest BCUT2D eigenvalue weighted by molar-refractivity contribution is -0.137. The van der Waals surface area contributed by atoms with Crippen LogP contribution in [0.15, 0.2) is 43.1 Å². The fourth-order valence-electron chi connectivity index (χ4n) is 4.97. The molecule has 33 heavy (non-hydrogen) atoms. The van der Waals surface area contributed by atoms with Crippen LogP contribution in [-0.2, 0) is 9.53 Å². The van der Waals surface area contributed by atoms with Crippen LogP contribution in [0.3, 0.4) is 0 Å². The van der Waals surface area contributed by atoms with Gasteiger partial charge in [-0.1, -0.05) is 6.08 Å². The van der Waals surface area contributed by atoms with Crippen LogP contribution in [0.4, 0.5) is 0 Å². The average Bonchev–Trinajstić information content (AvgIpc) is 2.86. The molecule has 2 aromatic rings. The maximum atomic E-state index is 11.2. The first-order valence-electron chi connectivity index (χ1n) is 11.7. The average molecular weight is 457 g/mol. The summed E-state index contributed by atoms with van der Waals surface area (Å²) in [6.45, 7) is 6.73. The van der Waals surface area contributed by atoms with Crippen LogP contribution >= 0.6 is 0 Å². The summed E-state index contributed by atoms with van der Waals surface area (Å²) in [5, 5.41) is 20.3. The second-order valence-corrected chi connectivity index (χ2v) is 8.82. The molecule has 1 aromatic carbocycles. The second-order valence-electron chi connectivity index (χ2n) is 8.82. The largest absolute Gasteiger partial charge is 0.497 e. The van der Waals surface area contributed by atoms with Crippen molar-refractivity contribution in [2.24, 2.45) is 11.8 Å². The van der Waals surface area contributed by atoms with Gasteiger partial charge in [0.15, 0.2) is 0 Å². The second kappa shape index (κ2) is 12.1. The van der Waals surface area contributed by atoms with Crippen LogP contribution in [0.2, 0.25) is 0 Å². The van der Waals surface area contributed by atoms with E-state index in [-0.39, 0.29) is 12.5 Å². The van der Waals surface area contributed by atoms with Crippen molar-refractivity contribution in [2.45, 2.75) is 44.2 Å². The van der Waals surface area contributed by atoms with Gasteiger partial charge < -0.3 is 19.7 Å². The van der Waals surface area contributed by atoms with Crippen molar-refractivity contribution in [2.75, 3.05) is 33.9 Å². The number of methoxy groups -OCH3 is 2. The molecule has 7 heteroatoms. The predicted octanol–water partition coefficient (Wildman–Crippen LogP) is 4.06. The highest BCUT2D eigenvalue weighted by Gasteiger charge is 2.42. The van der Waals surface area contributed by atoms with Crippen molar-refractivity contribution >= 4 is 16.9 Å². The van der Waals surface area contributed by atoms with Crippen LogP contribution < -0.4 is 4.74 Å². The van der Waals surface area contributed by atoms with Crippen molar-refractivity contribution in [1.29, 1.82) is 0 Å². The lowest BCUT2D eigenvalue weighted by atomic mass is 9.73. The molecule has 3 aliphatic heterocycles. The third-order valence-electron chi connectivity index (χ3n) is 6.81. The monoisotopic (exact) mass is 456 g/mol. The SMILES string of the molecule is C=CC1CN2CCC1CC2C(O)c1ccnc2ccc(OC)cc12.COCCCCC(=O)O. The van der Waals surface area contributed by atoms with Crippen molar-refractivity contribution in [3.63, 3.8) is 0 Å². The Balaban J connectivity index is 0.000000292. The van der Waals surface area contributed by atoms with Crippen molar-refractivity contribution in [3.05, 3.63) is 48.7 Å². The lowest BCUT2D eigenvalue weighted by Crippen LogP contribution is -2.54. The molecule has 7 nitrogen and oxygen atoms in total. The summed E-state index contributed by atoms with van der Waals surface area (Å²) < 4.78 is 10.1. The number of nitrogens with zero attached hydrogens (tertiary/aromatic N) is 2. The summed E-state index contributed by atoms with van der Waals surface area (Å²) in [6, 6.07) is 7.96. The molecular weight excluding hydrogens is 420 g/mol. The number of aliphatic hydroxyl groups is 1. The zero-order chi connectivity index (χ0) is 23.8. The Hall–Kier alpha value is -2.48. The number of pyridine rings is 1. The molecule has 1 aromatic heterocycles. The van der Waals surface area contributed by atoms with Crippen molar-refractivity contribution in [1.82, 2.24) is 9.88 Å². The Morgan fingerprint density at radius 1 is 1.33 bits per heavy atom. The summed E-state index contributed by atoms with van der Waals surface area (Å²) in [4.78, 5) is 16.8. The molecule has 2 bridgehead atoms. The van der Waals surface area contributed by atoms with Crippen molar-refractivity contribution < 1.29 is 24.5 Å². The number of hydrogen-bond acceptors (Lipinski definition) is 6. The zero-order valence-corrected chi connectivity index (χ0v) is 19.7. The minimum atomic E-state index is -0.730. The van der Waals surface area contributed by atoms with Crippen LogP contribution in [0.25, 0.3) is 10.9 Å². The first-order chi connectivity index (χ1) is 16.0. The standard InChI is InChI=1S/C20H24N2O2.C6H12O3/c1-3-13-12-22-9-7-14(13)10-19(22)20(23)16-6-8-21-18-5-4-15(24-2)11-17(16)18;1-9-5-3-2-4-6(7)8/h3-6,8,11,13-14,19-20,23H,1,7,9-10,12H2,2H3;2-5H2,1H3,(H,7,8). The quantitative estimate of drug-likeness (QED) is 0.434. The van der Waals surface area contributed by atoms with E-state index in [0.29, 0.717) is 24.9 Å². The normalized spacial score (nSPS) is 24.6. The molecular formula is C26H36N2O5. The number of fused-ring (bicyclic) bond motifs is 4. The minimum Gasteiger partial charge on any atom is -0.497 e. The van der Waals surface area contributed by atoms with E-state index in [1.165, 1.54) is 6.42 Å². The summed E-state index contributed by atoms with van der Waals surface area (Å²) in [5.41, 5.74) is 1.85. The van der Waals surface area contributed by atoms with E-state index in [4.69, 9.17) is 14.6 Å². The highest BCUT2D eigenvalue weighted by Crippen LogP contribution is 2.42. The number of carboxylic acids is 1. The number of unbranched alkanes of at least 4 members (excludes halogenated alkanes) is 1. The number of piperidine rings is 3. The molecule has 3 saturated heterocycles. The van der Waals surface area contributed by atoms with Crippen LogP contribution in [0.1, 0.15) is 43.8 Å².